The highest BCUT2D eigenvalue weighted by molar-refractivity contribution is 5.70. The Kier molecular flexibility index (Phi) is 26.4. The Labute approximate surface area is 459 Å². The number of benzene rings is 1. The van der Waals surface area contributed by atoms with Crippen molar-refractivity contribution in [3.8, 4) is 0 Å². The van der Waals surface area contributed by atoms with Crippen molar-refractivity contribution in [2.45, 2.75) is 187 Å². The van der Waals surface area contributed by atoms with E-state index in [4.69, 9.17) is 80.5 Å². The maximum absolute atomic E-state index is 13.2. The van der Waals surface area contributed by atoms with Gasteiger partial charge in [-0.3, -0.25) is 47.9 Å². The molecule has 80 heavy (non-hydrogen) atoms. The van der Waals surface area contributed by atoms with Gasteiger partial charge < -0.3 is 85.8 Å². The van der Waals surface area contributed by atoms with E-state index in [-0.39, 0.29) is 26.2 Å². The van der Waals surface area contributed by atoms with Crippen LogP contribution in [0.2, 0.25) is 0 Å². The maximum atomic E-state index is 13.2. The number of hydrogen-bond acceptors (Lipinski definition) is 28. The number of esters is 10. The molecule has 3 aliphatic heterocycles. The molecular weight excluding hydrogens is 1070 g/mol. The number of hydrogen-bond donors (Lipinski definition) is 1. The minimum Gasteiger partial charge on any atom is -0.463 e. The first-order chi connectivity index (χ1) is 37.8. The van der Waals surface area contributed by atoms with Gasteiger partial charge in [-0.05, 0) is 24.8 Å². The molecule has 1 N–H and O–H groups in total. The lowest BCUT2D eigenvalue weighted by Gasteiger charge is -2.50. The van der Waals surface area contributed by atoms with Crippen LogP contribution < -0.4 is 5.32 Å². The van der Waals surface area contributed by atoms with Crippen LogP contribution in [-0.2, 0) is 135 Å². The van der Waals surface area contributed by atoms with Gasteiger partial charge in [-0.2, -0.15) is 0 Å². The number of carbonyl (C=O) groups is 11. The number of carbonyl (C=O) groups excluding carboxylic acids is 11. The summed E-state index contributed by atoms with van der Waals surface area (Å²) < 4.78 is 99.0. The highest BCUT2D eigenvalue weighted by atomic mass is 16.8. The average Bonchev–Trinajstić information content (AvgIpc) is 3.35. The summed E-state index contributed by atoms with van der Waals surface area (Å²) in [7, 11) is 0. The van der Waals surface area contributed by atoms with Gasteiger partial charge >= 0.3 is 65.8 Å². The molecule has 0 aliphatic carbocycles. The summed E-state index contributed by atoms with van der Waals surface area (Å²) in [6.45, 7) is 8.07. The van der Waals surface area contributed by atoms with Crippen LogP contribution in [0.1, 0.15) is 94.1 Å². The second kappa shape index (κ2) is 32.3. The quantitative estimate of drug-likeness (QED) is 0.0775. The van der Waals surface area contributed by atoms with Crippen LogP contribution in [0.4, 0.5) is 4.79 Å². The van der Waals surface area contributed by atoms with Gasteiger partial charge in [-0.15, -0.1) is 0 Å². The molecule has 0 unspecified atom stereocenters. The second-order valence-corrected chi connectivity index (χ2v) is 18.2. The van der Waals surface area contributed by atoms with Crippen LogP contribution in [0.5, 0.6) is 0 Å². The first-order valence-electron chi connectivity index (χ1n) is 25.3. The molecule has 3 fully saturated rings. The fourth-order valence-electron chi connectivity index (χ4n) is 8.45. The van der Waals surface area contributed by atoms with Crippen molar-refractivity contribution in [2.75, 3.05) is 33.0 Å². The SMILES string of the molecule is CC(=O)OC[C@H]1O[C@H](O[C@@H]2[C@@H](O[C@@H]3[C@@H](OCCCCCNC(=O)OCc4ccccc4)O[C@H](COC(C)=O)[C@@H](OC(C)=O)[C@@H]3OC(C)=O)O[C@H](COC(C)=O)[C@@H](OC(C)=O)[C@@H]2OC(C)=O)[C@@H](OC(C)=O)[C@@H](OC(C)=O)[C@@H]1OC(C)=O. The van der Waals surface area contributed by atoms with Crippen LogP contribution in [0.3, 0.4) is 0 Å². The van der Waals surface area contributed by atoms with Gasteiger partial charge in [0.05, 0.1) is 0 Å². The number of unbranched alkanes of at least 4 members (excludes halogenated alkanes) is 2. The van der Waals surface area contributed by atoms with Gasteiger partial charge in [-0.1, -0.05) is 30.3 Å². The van der Waals surface area contributed by atoms with Crippen molar-refractivity contribution in [1.29, 1.82) is 0 Å². The molecule has 4 rings (SSSR count). The fraction of sp³-hybridized carbons (Fsp3) is 0.667. The van der Waals surface area contributed by atoms with Gasteiger partial charge in [0, 0.05) is 82.4 Å². The molecule has 0 bridgehead atoms. The molecule has 29 heteroatoms. The minimum absolute atomic E-state index is 0.0505. The second-order valence-electron chi connectivity index (χ2n) is 18.2. The monoisotopic (exact) mass is 1140 g/mol. The largest absolute Gasteiger partial charge is 0.463 e. The molecule has 1 aromatic carbocycles. The van der Waals surface area contributed by atoms with Crippen LogP contribution in [0, 0.1) is 0 Å². The van der Waals surface area contributed by atoms with E-state index in [0.29, 0.717) is 12.8 Å². The number of alkyl carbamates (subject to hydrolysis) is 1. The highest BCUT2D eigenvalue weighted by Crippen LogP contribution is 2.38. The third kappa shape index (κ3) is 21.5. The van der Waals surface area contributed by atoms with Crippen LogP contribution >= 0.6 is 0 Å². The molecule has 446 valence electrons. The van der Waals surface area contributed by atoms with E-state index in [1.54, 1.807) is 24.3 Å². The van der Waals surface area contributed by atoms with Crippen LogP contribution in [0.15, 0.2) is 30.3 Å². The van der Waals surface area contributed by atoms with Gasteiger partial charge in [0.15, 0.2) is 73.8 Å². The zero-order valence-electron chi connectivity index (χ0n) is 45.8. The van der Waals surface area contributed by atoms with Crippen molar-refractivity contribution in [3.63, 3.8) is 0 Å². The Bertz CT molecular complexity index is 2300. The maximum Gasteiger partial charge on any atom is 0.407 e. The summed E-state index contributed by atoms with van der Waals surface area (Å²) in [4.78, 5) is 139. The highest BCUT2D eigenvalue weighted by Gasteiger charge is 2.60. The Hall–Kier alpha value is -7.05. The molecule has 0 radical (unpaired) electrons. The third-order valence-corrected chi connectivity index (χ3v) is 11.4. The third-order valence-electron chi connectivity index (χ3n) is 11.4. The van der Waals surface area contributed by atoms with E-state index < -0.39 is 178 Å². The van der Waals surface area contributed by atoms with Gasteiger partial charge in [-0.25, -0.2) is 4.79 Å². The molecule has 3 aliphatic rings. The minimum atomic E-state index is -2.12. The summed E-state index contributed by atoms with van der Waals surface area (Å²) in [6.07, 6.45) is -26.7. The molecular formula is C51H69NO28. The molecule has 15 atom stereocenters. The van der Waals surface area contributed by atoms with E-state index in [0.717, 1.165) is 74.8 Å². The molecule has 0 spiro atoms. The topological polar surface area (TPSA) is 357 Å². The van der Waals surface area contributed by atoms with Crippen molar-refractivity contribution < 1.29 is 133 Å². The van der Waals surface area contributed by atoms with Crippen LogP contribution in [0.25, 0.3) is 0 Å². The Morgan fingerprint density at radius 2 is 0.738 bits per heavy atom. The number of rotatable bonds is 26. The van der Waals surface area contributed by atoms with Crippen molar-refractivity contribution in [1.82, 2.24) is 5.32 Å². The first-order valence-corrected chi connectivity index (χ1v) is 25.3. The Balaban J connectivity index is 1.86. The van der Waals surface area contributed by atoms with Gasteiger partial charge in [0.25, 0.3) is 0 Å². The zero-order valence-corrected chi connectivity index (χ0v) is 45.8. The lowest BCUT2D eigenvalue weighted by Crippen LogP contribution is -2.69. The van der Waals surface area contributed by atoms with Crippen molar-refractivity contribution >= 4 is 65.8 Å². The van der Waals surface area contributed by atoms with E-state index in [9.17, 15) is 52.7 Å². The summed E-state index contributed by atoms with van der Waals surface area (Å²) in [5.41, 5.74) is 0.787. The normalized spacial score (nSPS) is 28.0. The van der Waals surface area contributed by atoms with E-state index in [2.05, 4.69) is 5.32 Å². The zero-order chi connectivity index (χ0) is 59.2. The van der Waals surface area contributed by atoms with Gasteiger partial charge in [0.2, 0.25) is 0 Å². The Morgan fingerprint density at radius 1 is 0.388 bits per heavy atom. The molecule has 0 aromatic heterocycles. The standard InChI is InChI=1S/C51H69NO28/c1-25(53)65-22-36-39(69-28(4)56)42(72-31(7)59)45(48(76-36)64-20-16-12-15-19-52-51(63)68-21-35-17-13-11-14-18-35)79-50-47(44(74-33(9)61)41(71-30(6)58)38(78-50)24-67-27(3)55)80-49-46(75-34(10)62)43(73-32(8)60)40(70-29(5)57)37(77-49)23-66-26(2)54/h11,13-14,17-18,36-50H,12,15-16,19-24H2,1-10H3,(H,52,63)/t36-,37-,38-,39-,40-,41-,42+,43+,44+,45+,46+,47+,48+,49-,50-/m1/s1. The predicted octanol–water partition coefficient (Wildman–Crippen LogP) is 1.26. The smallest absolute Gasteiger partial charge is 0.407 e. The molecule has 0 saturated carbocycles. The van der Waals surface area contributed by atoms with E-state index in [1.165, 1.54) is 0 Å². The number of ether oxygens (including phenoxy) is 17. The molecule has 1 amide bonds. The Morgan fingerprint density at radius 3 is 1.14 bits per heavy atom. The summed E-state index contributed by atoms with van der Waals surface area (Å²) in [5, 5.41) is 2.66. The molecule has 3 heterocycles. The van der Waals surface area contributed by atoms with Crippen LogP contribution in [-0.4, -0.2) is 191 Å². The van der Waals surface area contributed by atoms with E-state index >= 15 is 0 Å². The average molecular weight is 1140 g/mol. The van der Waals surface area contributed by atoms with Crippen molar-refractivity contribution in [3.05, 3.63) is 35.9 Å². The lowest BCUT2D eigenvalue weighted by molar-refractivity contribution is -0.393. The summed E-state index contributed by atoms with van der Waals surface area (Å²) >= 11 is 0. The molecule has 3 saturated heterocycles. The number of nitrogens with one attached hydrogen (secondary N) is 1. The summed E-state index contributed by atoms with van der Waals surface area (Å²) in [5.74, 6) is -9.51. The predicted molar refractivity (Wildman–Crippen MR) is 259 cm³/mol. The van der Waals surface area contributed by atoms with Gasteiger partial charge in [0.1, 0.15) is 44.7 Å². The molecule has 1 aromatic rings. The first kappa shape index (κ1) is 65.5. The number of amides is 1. The van der Waals surface area contributed by atoms with E-state index in [1.807, 2.05) is 6.07 Å². The fourth-order valence-corrected chi connectivity index (χ4v) is 8.45. The summed E-state index contributed by atoms with van der Waals surface area (Å²) in [6, 6.07) is 9.03. The van der Waals surface area contributed by atoms with Crippen molar-refractivity contribution in [2.24, 2.45) is 0 Å². The molecule has 29 nitrogen and oxygen atoms in total. The lowest BCUT2D eigenvalue weighted by atomic mass is 9.95.